The lowest BCUT2D eigenvalue weighted by Gasteiger charge is -2.24. The van der Waals surface area contributed by atoms with Crippen LogP contribution in [-0.4, -0.2) is 29.7 Å². The average Bonchev–Trinajstić information content (AvgIpc) is 2.52. The molecule has 21 heavy (non-hydrogen) atoms. The monoisotopic (exact) mass is 347 g/mol. The summed E-state index contributed by atoms with van der Waals surface area (Å²) in [6.45, 7) is 4.64. The molecule has 2 aromatic rings. The van der Waals surface area contributed by atoms with E-state index < -0.39 is 0 Å². The molecule has 0 spiro atoms. The molecule has 0 aromatic carbocycles. The van der Waals surface area contributed by atoms with Crippen LogP contribution in [-0.2, 0) is 11.2 Å². The highest BCUT2D eigenvalue weighted by molar-refractivity contribution is 9.10. The van der Waals surface area contributed by atoms with Crippen LogP contribution in [0.5, 0.6) is 0 Å². The van der Waals surface area contributed by atoms with E-state index in [0.717, 1.165) is 47.5 Å². The summed E-state index contributed by atoms with van der Waals surface area (Å²) in [5, 5.41) is 3.35. The predicted molar refractivity (Wildman–Crippen MR) is 85.3 cm³/mol. The van der Waals surface area contributed by atoms with E-state index >= 15 is 0 Å². The van der Waals surface area contributed by atoms with E-state index in [9.17, 15) is 0 Å². The van der Waals surface area contributed by atoms with E-state index in [1.807, 2.05) is 24.5 Å². The number of aromatic nitrogens is 2. The summed E-state index contributed by atoms with van der Waals surface area (Å²) >= 11 is 3.40. The Balaban J connectivity index is 1.76. The Morgan fingerprint density at radius 1 is 1.33 bits per heavy atom. The highest BCUT2D eigenvalue weighted by atomic mass is 79.9. The summed E-state index contributed by atoms with van der Waals surface area (Å²) in [6.07, 6.45) is 4.62. The molecule has 1 aliphatic rings. The number of aryl methyl sites for hydroxylation is 1. The number of pyridine rings is 2. The van der Waals surface area contributed by atoms with Crippen LogP contribution in [0.4, 0.5) is 0 Å². The number of ether oxygens (including phenoxy) is 1. The van der Waals surface area contributed by atoms with Gasteiger partial charge in [-0.1, -0.05) is 6.07 Å². The minimum atomic E-state index is 0.116. The summed E-state index contributed by atoms with van der Waals surface area (Å²) in [4.78, 5) is 9.02. The van der Waals surface area contributed by atoms with Gasteiger partial charge in [0, 0.05) is 53.3 Å². The topological polar surface area (TPSA) is 47.0 Å². The van der Waals surface area contributed by atoms with Crippen LogP contribution in [0.15, 0.2) is 35.1 Å². The molecule has 2 aromatic heterocycles. The molecule has 4 nitrogen and oxygen atoms in total. The Kier molecular flexibility index (Phi) is 4.63. The van der Waals surface area contributed by atoms with Gasteiger partial charge in [0.2, 0.25) is 0 Å². The fraction of sp³-hybridized carbons (Fsp3) is 0.375. The van der Waals surface area contributed by atoms with E-state index in [1.54, 1.807) is 0 Å². The normalized spacial score (nSPS) is 18.7. The smallest absolute Gasteiger partial charge is 0.0964 e. The van der Waals surface area contributed by atoms with Crippen molar-refractivity contribution in [3.05, 3.63) is 57.6 Å². The van der Waals surface area contributed by atoms with Crippen molar-refractivity contribution in [2.75, 3.05) is 19.7 Å². The lowest BCUT2D eigenvalue weighted by atomic mass is 10.0. The van der Waals surface area contributed by atoms with E-state index in [-0.39, 0.29) is 6.10 Å². The number of rotatable bonds is 3. The minimum Gasteiger partial charge on any atom is -0.371 e. The van der Waals surface area contributed by atoms with Crippen molar-refractivity contribution in [1.29, 1.82) is 0 Å². The second kappa shape index (κ2) is 6.64. The predicted octanol–water partition coefficient (Wildman–Crippen LogP) is 2.80. The zero-order valence-electron chi connectivity index (χ0n) is 12.0. The van der Waals surface area contributed by atoms with Crippen LogP contribution in [0.1, 0.15) is 28.6 Å². The van der Waals surface area contributed by atoms with Crippen LogP contribution in [0, 0.1) is 6.92 Å². The number of hydrogen-bond donors (Lipinski definition) is 1. The minimum absolute atomic E-state index is 0.116. The third-order valence-electron chi connectivity index (χ3n) is 3.64. The maximum absolute atomic E-state index is 5.77. The first-order chi connectivity index (χ1) is 10.2. The Labute approximate surface area is 133 Å². The van der Waals surface area contributed by atoms with Gasteiger partial charge in [-0.2, -0.15) is 0 Å². The van der Waals surface area contributed by atoms with Gasteiger partial charge in [-0.25, -0.2) is 0 Å². The molecular weight excluding hydrogens is 330 g/mol. The number of morpholine rings is 1. The van der Waals surface area contributed by atoms with Gasteiger partial charge >= 0.3 is 0 Å². The second-order valence-electron chi connectivity index (χ2n) is 5.24. The molecule has 0 bridgehead atoms. The van der Waals surface area contributed by atoms with Gasteiger partial charge < -0.3 is 10.1 Å². The van der Waals surface area contributed by atoms with Gasteiger partial charge in [0.25, 0.3) is 0 Å². The quantitative estimate of drug-likeness (QED) is 0.927. The number of nitrogens with zero attached hydrogens (tertiary/aromatic N) is 2. The maximum Gasteiger partial charge on any atom is 0.0964 e. The molecule has 0 saturated carbocycles. The third kappa shape index (κ3) is 3.67. The van der Waals surface area contributed by atoms with Gasteiger partial charge in [0.1, 0.15) is 0 Å². The number of nitrogens with one attached hydrogen (secondary N) is 1. The molecule has 1 N–H and O–H groups in total. The van der Waals surface area contributed by atoms with Crippen LogP contribution in [0.25, 0.3) is 0 Å². The highest BCUT2D eigenvalue weighted by Crippen LogP contribution is 2.21. The van der Waals surface area contributed by atoms with Crippen LogP contribution in [0.3, 0.4) is 0 Å². The van der Waals surface area contributed by atoms with Crippen molar-refractivity contribution in [2.45, 2.75) is 19.4 Å². The first kappa shape index (κ1) is 14.6. The molecule has 3 rings (SSSR count). The molecule has 1 atom stereocenters. The lowest BCUT2D eigenvalue weighted by molar-refractivity contribution is 0.0274. The molecule has 1 fully saturated rings. The van der Waals surface area contributed by atoms with Crippen molar-refractivity contribution in [3.63, 3.8) is 0 Å². The summed E-state index contributed by atoms with van der Waals surface area (Å²) < 4.78 is 6.76. The van der Waals surface area contributed by atoms with Crippen molar-refractivity contribution in [3.8, 4) is 0 Å². The van der Waals surface area contributed by atoms with E-state index in [1.165, 1.54) is 5.56 Å². The molecule has 1 aliphatic heterocycles. The summed E-state index contributed by atoms with van der Waals surface area (Å²) in [6, 6.07) is 6.21. The zero-order chi connectivity index (χ0) is 14.7. The summed E-state index contributed by atoms with van der Waals surface area (Å²) in [5.74, 6) is 0. The van der Waals surface area contributed by atoms with Crippen LogP contribution >= 0.6 is 15.9 Å². The van der Waals surface area contributed by atoms with Gasteiger partial charge in [0.15, 0.2) is 0 Å². The summed E-state index contributed by atoms with van der Waals surface area (Å²) in [5.41, 5.74) is 4.42. The first-order valence-electron chi connectivity index (χ1n) is 7.10. The van der Waals surface area contributed by atoms with Crippen molar-refractivity contribution >= 4 is 15.9 Å². The van der Waals surface area contributed by atoms with Crippen LogP contribution < -0.4 is 5.32 Å². The fourth-order valence-corrected chi connectivity index (χ4v) is 2.68. The Morgan fingerprint density at radius 2 is 2.24 bits per heavy atom. The third-order valence-corrected chi connectivity index (χ3v) is 4.11. The van der Waals surface area contributed by atoms with E-state index in [0.29, 0.717) is 0 Å². The largest absolute Gasteiger partial charge is 0.371 e. The highest BCUT2D eigenvalue weighted by Gasteiger charge is 2.17. The van der Waals surface area contributed by atoms with Gasteiger partial charge in [-0.3, -0.25) is 9.97 Å². The number of halogens is 1. The first-order valence-corrected chi connectivity index (χ1v) is 7.90. The van der Waals surface area contributed by atoms with Crippen molar-refractivity contribution in [1.82, 2.24) is 15.3 Å². The van der Waals surface area contributed by atoms with Crippen LogP contribution in [0.2, 0.25) is 0 Å². The molecule has 0 radical (unpaired) electrons. The molecule has 1 unspecified atom stereocenters. The Hall–Kier alpha value is -1.30. The Bertz CT molecular complexity index is 609. The molecule has 5 heteroatoms. The maximum atomic E-state index is 5.77. The van der Waals surface area contributed by atoms with E-state index in [2.05, 4.69) is 44.2 Å². The molecule has 1 saturated heterocycles. The molecule has 3 heterocycles. The van der Waals surface area contributed by atoms with Gasteiger partial charge in [-0.05, 0) is 40.5 Å². The number of hydrogen-bond acceptors (Lipinski definition) is 4. The molecular formula is C16H18BrN3O. The second-order valence-corrected chi connectivity index (χ2v) is 6.16. The average molecular weight is 348 g/mol. The summed E-state index contributed by atoms with van der Waals surface area (Å²) in [7, 11) is 0. The van der Waals surface area contributed by atoms with E-state index in [4.69, 9.17) is 4.74 Å². The molecule has 0 amide bonds. The zero-order valence-corrected chi connectivity index (χ0v) is 13.6. The van der Waals surface area contributed by atoms with Gasteiger partial charge in [-0.15, -0.1) is 0 Å². The fourth-order valence-electron chi connectivity index (χ4n) is 2.45. The molecule has 110 valence electrons. The van der Waals surface area contributed by atoms with Crippen molar-refractivity contribution in [2.24, 2.45) is 0 Å². The lowest BCUT2D eigenvalue weighted by Crippen LogP contribution is -2.33. The molecule has 0 aliphatic carbocycles. The van der Waals surface area contributed by atoms with Crippen molar-refractivity contribution < 1.29 is 4.74 Å². The standard InChI is InChI=1S/C16H18BrN3O/c1-11-6-12(16-10-18-4-5-21-16)8-20-15(11)7-14-3-2-13(17)9-19-14/h2-3,6,8-9,16,18H,4-5,7,10H2,1H3. The Morgan fingerprint density at radius 3 is 2.90 bits per heavy atom. The SMILES string of the molecule is Cc1cc(C2CNCCO2)cnc1Cc1ccc(Br)cn1. The van der Waals surface area contributed by atoms with Gasteiger partial charge in [0.05, 0.1) is 12.7 Å².